The highest BCUT2D eigenvalue weighted by molar-refractivity contribution is 8.17. The van der Waals surface area contributed by atoms with Crippen molar-refractivity contribution in [2.24, 2.45) is 4.99 Å². The zero-order valence-electron chi connectivity index (χ0n) is 16.2. The minimum absolute atomic E-state index is 0.178. The van der Waals surface area contributed by atoms with Gasteiger partial charge in [0.25, 0.3) is 0 Å². The van der Waals surface area contributed by atoms with E-state index in [1.807, 2.05) is 44.4 Å². The molecular weight excluding hydrogens is 354 g/mol. The number of hydrogen-bond donors (Lipinski definition) is 0. The molecule has 2 aromatic carbocycles. The van der Waals surface area contributed by atoms with Gasteiger partial charge in [0.1, 0.15) is 12.3 Å². The van der Waals surface area contributed by atoms with E-state index in [9.17, 15) is 4.79 Å². The van der Waals surface area contributed by atoms with E-state index in [4.69, 9.17) is 4.99 Å². The maximum Gasteiger partial charge on any atom is 0.170 e. The molecule has 0 aliphatic carbocycles. The van der Waals surface area contributed by atoms with Crippen LogP contribution in [0.5, 0.6) is 0 Å². The molecule has 27 heavy (non-hydrogen) atoms. The van der Waals surface area contributed by atoms with Crippen LogP contribution < -0.4 is 4.90 Å². The molecule has 0 aromatic heterocycles. The second-order valence-corrected chi connectivity index (χ2v) is 7.99. The Hall–Kier alpha value is -2.53. The minimum atomic E-state index is -0.300. The predicted octanol–water partition coefficient (Wildman–Crippen LogP) is 4.81. The zero-order chi connectivity index (χ0) is 19.4. The van der Waals surface area contributed by atoms with E-state index in [1.165, 1.54) is 0 Å². The number of carbonyl (C=O) groups excluding carboxylic acids is 1. The third-order valence-corrected chi connectivity index (χ3v) is 5.49. The van der Waals surface area contributed by atoms with Gasteiger partial charge in [-0.25, -0.2) is 4.99 Å². The van der Waals surface area contributed by atoms with Crippen LogP contribution in [0.2, 0.25) is 0 Å². The fraction of sp³-hybridized carbons (Fsp3) is 0.273. The molecule has 3 rings (SSSR count). The summed E-state index contributed by atoms with van der Waals surface area (Å²) in [5, 5.41) is 0.865. The summed E-state index contributed by atoms with van der Waals surface area (Å²) >= 11 is 1.58. The van der Waals surface area contributed by atoms with Gasteiger partial charge in [0.15, 0.2) is 5.17 Å². The molecule has 5 heteroatoms. The highest BCUT2D eigenvalue weighted by atomic mass is 32.2. The second kappa shape index (κ2) is 8.44. The topological polar surface area (TPSA) is 35.9 Å². The number of carbonyl (C=O) groups is 1. The molecule has 1 saturated heterocycles. The third-order valence-electron chi connectivity index (χ3n) is 4.41. The van der Waals surface area contributed by atoms with Crippen molar-refractivity contribution in [3.05, 3.63) is 65.1 Å². The molecule has 1 aliphatic heterocycles. The lowest BCUT2D eigenvalue weighted by molar-refractivity contribution is -0.110. The van der Waals surface area contributed by atoms with Crippen LogP contribution in [0.3, 0.4) is 0 Å². The van der Waals surface area contributed by atoms with Crippen LogP contribution in [0.1, 0.15) is 19.4 Å². The van der Waals surface area contributed by atoms with Crippen LogP contribution in [0.15, 0.2) is 64.5 Å². The quantitative estimate of drug-likeness (QED) is 0.699. The van der Waals surface area contributed by atoms with E-state index in [2.05, 4.69) is 54.0 Å². The first kappa shape index (κ1) is 19.2. The van der Waals surface area contributed by atoms with Gasteiger partial charge in [-0.15, -0.1) is 0 Å². The summed E-state index contributed by atoms with van der Waals surface area (Å²) in [4.78, 5) is 21.9. The first-order valence-corrected chi connectivity index (χ1v) is 9.85. The number of para-hydroxylation sites is 1. The second-order valence-electron chi connectivity index (χ2n) is 6.95. The van der Waals surface area contributed by atoms with Crippen molar-refractivity contribution in [1.82, 2.24) is 4.90 Å². The van der Waals surface area contributed by atoms with Crippen molar-refractivity contribution in [3.8, 4) is 0 Å². The molecule has 0 N–H and O–H groups in total. The third kappa shape index (κ3) is 4.42. The Balaban J connectivity index is 1.95. The fourth-order valence-electron chi connectivity index (χ4n) is 2.99. The van der Waals surface area contributed by atoms with Crippen LogP contribution in [0.4, 0.5) is 11.4 Å². The van der Waals surface area contributed by atoms with Gasteiger partial charge >= 0.3 is 0 Å². The smallest absolute Gasteiger partial charge is 0.170 e. The Labute approximate surface area is 165 Å². The van der Waals surface area contributed by atoms with Crippen LogP contribution in [0.25, 0.3) is 6.08 Å². The molecule has 1 aliphatic rings. The average Bonchev–Trinajstić information content (AvgIpc) is 3.00. The van der Waals surface area contributed by atoms with Gasteiger partial charge in [-0.3, -0.25) is 0 Å². The molecule has 1 fully saturated rings. The number of anilines is 1. The molecular formula is C22H25N3OS. The van der Waals surface area contributed by atoms with E-state index in [1.54, 1.807) is 11.8 Å². The Bertz CT molecular complexity index is 842. The van der Waals surface area contributed by atoms with E-state index < -0.39 is 0 Å². The Morgan fingerprint density at radius 3 is 2.30 bits per heavy atom. The normalized spacial score (nSPS) is 19.9. The van der Waals surface area contributed by atoms with Gasteiger partial charge in [0, 0.05) is 30.7 Å². The van der Waals surface area contributed by atoms with Gasteiger partial charge < -0.3 is 14.6 Å². The molecule has 2 aromatic rings. The van der Waals surface area contributed by atoms with Crippen molar-refractivity contribution in [1.29, 1.82) is 0 Å². The molecule has 1 heterocycles. The van der Waals surface area contributed by atoms with Crippen LogP contribution in [-0.2, 0) is 4.79 Å². The maximum atomic E-state index is 11.9. The average molecular weight is 380 g/mol. The molecule has 0 bridgehead atoms. The summed E-state index contributed by atoms with van der Waals surface area (Å²) < 4.78 is 0. The van der Waals surface area contributed by atoms with E-state index in [-0.39, 0.29) is 12.1 Å². The number of aldehydes is 1. The minimum Gasteiger partial charge on any atom is -0.378 e. The zero-order valence-corrected chi connectivity index (χ0v) is 17.0. The molecule has 0 spiro atoms. The number of amidine groups is 1. The lowest BCUT2D eigenvalue weighted by atomic mass is 10.1. The van der Waals surface area contributed by atoms with Crippen LogP contribution in [-0.4, -0.2) is 42.5 Å². The van der Waals surface area contributed by atoms with Gasteiger partial charge in [-0.2, -0.15) is 0 Å². The number of thioether (sulfide) groups is 1. The summed E-state index contributed by atoms with van der Waals surface area (Å²) in [5.41, 5.74) is 3.13. The van der Waals surface area contributed by atoms with Crippen LogP contribution >= 0.6 is 11.8 Å². The van der Waals surface area contributed by atoms with Gasteiger partial charge in [0.05, 0.1) is 5.69 Å². The standard InChI is InChI=1S/C22H25N3OS/c1-16(2)25-20(15-26)21(14-17-10-12-19(13-11-17)24(3)4)27-22(25)23-18-8-6-5-7-9-18/h5-16,20H,1-4H3. The lowest BCUT2D eigenvalue weighted by Gasteiger charge is -2.26. The largest absolute Gasteiger partial charge is 0.378 e. The summed E-state index contributed by atoms with van der Waals surface area (Å²) in [5.74, 6) is 0. The molecule has 0 radical (unpaired) electrons. The molecule has 1 unspecified atom stereocenters. The van der Waals surface area contributed by atoms with Gasteiger partial charge in [-0.05, 0) is 49.8 Å². The molecule has 0 saturated carbocycles. The summed E-state index contributed by atoms with van der Waals surface area (Å²) in [7, 11) is 4.05. The Morgan fingerprint density at radius 2 is 1.74 bits per heavy atom. The molecule has 4 nitrogen and oxygen atoms in total. The summed E-state index contributed by atoms with van der Waals surface area (Å²) in [6.45, 7) is 4.18. The maximum absolute atomic E-state index is 11.9. The van der Waals surface area contributed by atoms with Crippen molar-refractivity contribution in [2.45, 2.75) is 25.9 Å². The molecule has 0 amide bonds. The highest BCUT2D eigenvalue weighted by Gasteiger charge is 2.36. The van der Waals surface area contributed by atoms with E-state index in [0.717, 1.165) is 33.3 Å². The predicted molar refractivity (Wildman–Crippen MR) is 117 cm³/mol. The lowest BCUT2D eigenvalue weighted by Crippen LogP contribution is -2.39. The molecule has 1 atom stereocenters. The van der Waals surface area contributed by atoms with Crippen molar-refractivity contribution in [2.75, 3.05) is 19.0 Å². The van der Waals surface area contributed by atoms with Crippen LogP contribution in [0, 0.1) is 0 Å². The first-order valence-electron chi connectivity index (χ1n) is 9.04. The van der Waals surface area contributed by atoms with E-state index in [0.29, 0.717) is 0 Å². The summed E-state index contributed by atoms with van der Waals surface area (Å²) in [6.07, 6.45) is 3.10. The SMILES string of the molecule is CC(C)N1C(=Nc2ccccc2)SC(=Cc2ccc(N(C)C)cc2)C1C=O. The number of rotatable bonds is 5. The molecule has 140 valence electrons. The van der Waals surface area contributed by atoms with Crippen molar-refractivity contribution >= 4 is 40.7 Å². The van der Waals surface area contributed by atoms with E-state index >= 15 is 0 Å². The highest BCUT2D eigenvalue weighted by Crippen LogP contribution is 2.38. The monoisotopic (exact) mass is 379 g/mol. The summed E-state index contributed by atoms with van der Waals surface area (Å²) in [6, 6.07) is 18.1. The number of aliphatic imine (C=N–C) groups is 1. The Kier molecular flexibility index (Phi) is 6.01. The van der Waals surface area contributed by atoms with Crippen molar-refractivity contribution in [3.63, 3.8) is 0 Å². The fourth-order valence-corrected chi connectivity index (χ4v) is 4.27. The number of benzene rings is 2. The van der Waals surface area contributed by atoms with Gasteiger partial charge in [0.2, 0.25) is 0 Å². The first-order chi connectivity index (χ1) is 13.0. The van der Waals surface area contributed by atoms with Crippen molar-refractivity contribution < 1.29 is 4.79 Å². The number of nitrogens with zero attached hydrogens (tertiary/aromatic N) is 3. The Morgan fingerprint density at radius 1 is 1.07 bits per heavy atom. The van der Waals surface area contributed by atoms with Gasteiger partial charge in [-0.1, -0.05) is 42.1 Å². The number of hydrogen-bond acceptors (Lipinski definition) is 4.